The number of carbonyl (C=O) groups is 1. The molecule has 2 aromatic carbocycles. The fraction of sp³-hybridized carbons (Fsp3) is 0.235. The van der Waals surface area contributed by atoms with Crippen molar-refractivity contribution in [3.8, 4) is 11.1 Å². The highest BCUT2D eigenvalue weighted by atomic mass is 16.6. The minimum atomic E-state index is -0.511. The molecule has 110 valence electrons. The minimum Gasteiger partial charge on any atom is -0.443 e. The normalized spacial score (nSPS) is 10.8. The fourth-order valence-corrected chi connectivity index (χ4v) is 1.80. The van der Waals surface area contributed by atoms with Crippen molar-refractivity contribution >= 4 is 11.8 Å². The van der Waals surface area contributed by atoms with Crippen molar-refractivity contribution in [1.82, 2.24) is 5.43 Å². The molecule has 2 aromatic rings. The zero-order valence-electron chi connectivity index (χ0n) is 12.5. The molecule has 0 unspecified atom stereocenters. The molecule has 4 heteroatoms. The lowest BCUT2D eigenvalue weighted by molar-refractivity contribution is 0.0541. The first-order valence-electron chi connectivity index (χ1n) is 6.84. The molecular weight excluding hydrogens is 264 g/mol. The number of ether oxygens (including phenoxy) is 1. The van der Waals surface area contributed by atoms with Gasteiger partial charge in [0, 0.05) is 0 Å². The van der Waals surface area contributed by atoms with Gasteiger partial charge in [-0.1, -0.05) is 42.5 Å². The fourth-order valence-electron chi connectivity index (χ4n) is 1.80. The number of carbonyl (C=O) groups excluding carboxylic acids is 1. The van der Waals surface area contributed by atoms with Crippen LogP contribution in [0.25, 0.3) is 11.1 Å². The third-order valence-corrected chi connectivity index (χ3v) is 2.70. The van der Waals surface area contributed by atoms with Crippen LogP contribution in [0.2, 0.25) is 0 Å². The summed E-state index contributed by atoms with van der Waals surface area (Å²) in [5.74, 6) is 0. The monoisotopic (exact) mass is 284 g/mol. The van der Waals surface area contributed by atoms with Gasteiger partial charge in [-0.15, -0.1) is 0 Å². The summed E-state index contributed by atoms with van der Waals surface area (Å²) in [6, 6.07) is 17.9. The molecule has 0 aromatic heterocycles. The van der Waals surface area contributed by atoms with E-state index in [4.69, 9.17) is 4.74 Å². The van der Waals surface area contributed by atoms with Crippen molar-refractivity contribution in [1.29, 1.82) is 0 Å². The molecule has 0 aliphatic carbocycles. The van der Waals surface area contributed by atoms with Gasteiger partial charge in [-0.25, -0.2) is 10.2 Å². The number of nitrogens with one attached hydrogen (secondary N) is 2. The highest BCUT2D eigenvalue weighted by molar-refractivity contribution is 5.71. The first-order chi connectivity index (χ1) is 9.94. The van der Waals surface area contributed by atoms with Crippen LogP contribution in [0, 0.1) is 0 Å². The quantitative estimate of drug-likeness (QED) is 0.830. The maximum atomic E-state index is 11.5. The molecule has 0 bridgehead atoms. The van der Waals surface area contributed by atoms with Gasteiger partial charge in [0.1, 0.15) is 5.60 Å². The molecule has 21 heavy (non-hydrogen) atoms. The molecule has 0 fully saturated rings. The summed E-state index contributed by atoms with van der Waals surface area (Å²) in [7, 11) is 0. The third kappa shape index (κ3) is 4.84. The van der Waals surface area contributed by atoms with Crippen LogP contribution < -0.4 is 10.9 Å². The number of hydrogen-bond donors (Lipinski definition) is 2. The maximum absolute atomic E-state index is 11.5. The van der Waals surface area contributed by atoms with Crippen LogP contribution in [-0.4, -0.2) is 11.7 Å². The Labute approximate surface area is 125 Å². The van der Waals surface area contributed by atoms with Crippen LogP contribution in [-0.2, 0) is 4.74 Å². The Morgan fingerprint density at radius 3 is 2.05 bits per heavy atom. The Hall–Kier alpha value is -2.49. The smallest absolute Gasteiger partial charge is 0.426 e. The van der Waals surface area contributed by atoms with E-state index < -0.39 is 11.7 Å². The predicted molar refractivity (Wildman–Crippen MR) is 84.9 cm³/mol. The Balaban J connectivity index is 1.93. The van der Waals surface area contributed by atoms with Crippen LogP contribution in [0.4, 0.5) is 10.5 Å². The molecule has 0 heterocycles. The van der Waals surface area contributed by atoms with Crippen LogP contribution in [0.3, 0.4) is 0 Å². The zero-order chi connectivity index (χ0) is 15.3. The summed E-state index contributed by atoms with van der Waals surface area (Å²) in [4.78, 5) is 11.5. The van der Waals surface area contributed by atoms with E-state index in [1.165, 1.54) is 0 Å². The lowest BCUT2D eigenvalue weighted by Crippen LogP contribution is -2.35. The van der Waals surface area contributed by atoms with Crippen molar-refractivity contribution in [2.75, 3.05) is 5.43 Å². The Kier molecular flexibility index (Phi) is 4.48. The molecule has 1 amide bonds. The van der Waals surface area contributed by atoms with Crippen LogP contribution in [0.5, 0.6) is 0 Å². The maximum Gasteiger partial charge on any atom is 0.426 e. The Bertz CT molecular complexity index is 586. The Morgan fingerprint density at radius 1 is 0.905 bits per heavy atom. The highest BCUT2D eigenvalue weighted by Crippen LogP contribution is 2.20. The molecule has 0 saturated heterocycles. The summed E-state index contributed by atoms with van der Waals surface area (Å²) in [6.45, 7) is 5.46. The molecule has 0 spiro atoms. The summed E-state index contributed by atoms with van der Waals surface area (Å²) in [5, 5.41) is 0. The minimum absolute atomic E-state index is 0.505. The van der Waals surface area contributed by atoms with Gasteiger partial charge in [-0.3, -0.25) is 5.43 Å². The van der Waals surface area contributed by atoms with E-state index in [0.717, 1.165) is 16.8 Å². The average molecular weight is 284 g/mol. The summed E-state index contributed by atoms with van der Waals surface area (Å²) in [6.07, 6.45) is -0.505. The first-order valence-corrected chi connectivity index (χ1v) is 6.84. The second-order valence-electron chi connectivity index (χ2n) is 5.70. The van der Waals surface area contributed by atoms with E-state index in [-0.39, 0.29) is 0 Å². The number of benzene rings is 2. The molecule has 4 nitrogen and oxygen atoms in total. The van der Waals surface area contributed by atoms with Crippen molar-refractivity contribution in [2.24, 2.45) is 0 Å². The average Bonchev–Trinajstić information content (AvgIpc) is 2.45. The molecule has 0 atom stereocenters. The van der Waals surface area contributed by atoms with Gasteiger partial charge in [-0.05, 0) is 44.0 Å². The van der Waals surface area contributed by atoms with Gasteiger partial charge in [0.05, 0.1) is 5.69 Å². The molecular formula is C17H20N2O2. The van der Waals surface area contributed by atoms with Gasteiger partial charge in [0.15, 0.2) is 0 Å². The molecule has 0 saturated carbocycles. The van der Waals surface area contributed by atoms with Gasteiger partial charge in [0.25, 0.3) is 0 Å². The van der Waals surface area contributed by atoms with E-state index in [1.807, 2.05) is 63.2 Å². The van der Waals surface area contributed by atoms with Gasteiger partial charge in [-0.2, -0.15) is 0 Å². The van der Waals surface area contributed by atoms with Crippen molar-refractivity contribution in [3.63, 3.8) is 0 Å². The largest absolute Gasteiger partial charge is 0.443 e. The standard InChI is InChI=1S/C17H20N2O2/c1-17(2,3)21-16(20)19-18-15-11-9-14(10-12-15)13-7-5-4-6-8-13/h4-12,18H,1-3H3,(H,19,20). The summed E-state index contributed by atoms with van der Waals surface area (Å²) < 4.78 is 5.14. The van der Waals surface area contributed by atoms with Gasteiger partial charge >= 0.3 is 6.09 Å². The van der Waals surface area contributed by atoms with Gasteiger partial charge < -0.3 is 4.74 Å². The number of rotatable bonds is 3. The summed E-state index contributed by atoms with van der Waals surface area (Å²) in [5.41, 5.74) is 7.89. The lowest BCUT2D eigenvalue weighted by Gasteiger charge is -2.20. The van der Waals surface area contributed by atoms with Crippen molar-refractivity contribution in [2.45, 2.75) is 26.4 Å². The first kappa shape index (κ1) is 14.9. The summed E-state index contributed by atoms with van der Waals surface area (Å²) >= 11 is 0. The van der Waals surface area contributed by atoms with Gasteiger partial charge in [0.2, 0.25) is 0 Å². The number of hydrogen-bond acceptors (Lipinski definition) is 3. The lowest BCUT2D eigenvalue weighted by atomic mass is 10.1. The SMILES string of the molecule is CC(C)(C)OC(=O)NNc1ccc(-c2ccccc2)cc1. The van der Waals surface area contributed by atoms with Crippen molar-refractivity contribution < 1.29 is 9.53 Å². The topological polar surface area (TPSA) is 50.4 Å². The number of anilines is 1. The third-order valence-electron chi connectivity index (χ3n) is 2.70. The number of amides is 1. The highest BCUT2D eigenvalue weighted by Gasteiger charge is 2.15. The van der Waals surface area contributed by atoms with E-state index in [9.17, 15) is 4.79 Å². The molecule has 2 rings (SSSR count). The van der Waals surface area contributed by atoms with E-state index in [0.29, 0.717) is 0 Å². The predicted octanol–water partition coefficient (Wildman–Crippen LogP) is 4.21. The number of hydrazine groups is 1. The molecule has 2 N–H and O–H groups in total. The van der Waals surface area contributed by atoms with E-state index in [2.05, 4.69) is 23.0 Å². The van der Waals surface area contributed by atoms with E-state index in [1.54, 1.807) is 0 Å². The molecule has 0 radical (unpaired) electrons. The van der Waals surface area contributed by atoms with Crippen molar-refractivity contribution in [3.05, 3.63) is 54.6 Å². The van der Waals surface area contributed by atoms with Crippen LogP contribution in [0.15, 0.2) is 54.6 Å². The van der Waals surface area contributed by atoms with E-state index >= 15 is 0 Å². The molecule has 0 aliphatic rings. The second kappa shape index (κ2) is 6.31. The Morgan fingerprint density at radius 2 is 1.48 bits per heavy atom. The zero-order valence-corrected chi connectivity index (χ0v) is 12.5. The second-order valence-corrected chi connectivity index (χ2v) is 5.70. The van der Waals surface area contributed by atoms with Crippen LogP contribution >= 0.6 is 0 Å². The van der Waals surface area contributed by atoms with Crippen LogP contribution in [0.1, 0.15) is 20.8 Å². The molecule has 0 aliphatic heterocycles.